The summed E-state index contributed by atoms with van der Waals surface area (Å²) in [6, 6.07) is 7.16. The highest BCUT2D eigenvalue weighted by molar-refractivity contribution is 5.98. The van der Waals surface area contributed by atoms with E-state index in [0.717, 1.165) is 5.56 Å². The van der Waals surface area contributed by atoms with E-state index in [2.05, 4.69) is 10.6 Å². The minimum Gasteiger partial charge on any atom is -0.459 e. The van der Waals surface area contributed by atoms with Gasteiger partial charge in [-0.15, -0.1) is 0 Å². The van der Waals surface area contributed by atoms with Gasteiger partial charge in [0.15, 0.2) is 5.76 Å². The van der Waals surface area contributed by atoms with Gasteiger partial charge in [0.05, 0.1) is 12.8 Å². The lowest BCUT2D eigenvalue weighted by molar-refractivity contribution is -0.115. The number of benzene rings is 1. The first kappa shape index (κ1) is 13.8. The van der Waals surface area contributed by atoms with Crippen LogP contribution in [0.1, 0.15) is 16.1 Å². The topological polar surface area (TPSA) is 71.3 Å². The minimum absolute atomic E-state index is 0.125. The van der Waals surface area contributed by atoms with Gasteiger partial charge < -0.3 is 15.1 Å². The Morgan fingerprint density at radius 1 is 1.30 bits per heavy atom. The average Bonchev–Trinajstić information content (AvgIpc) is 2.94. The van der Waals surface area contributed by atoms with Gasteiger partial charge in [-0.1, -0.05) is 6.07 Å². The van der Waals surface area contributed by atoms with Crippen molar-refractivity contribution in [3.8, 4) is 0 Å². The summed E-state index contributed by atoms with van der Waals surface area (Å²) in [5, 5.41) is 4.93. The number of rotatable bonds is 4. The molecule has 0 saturated carbocycles. The number of hydrogen-bond acceptors (Lipinski definition) is 3. The Labute approximate surface area is 114 Å². The van der Waals surface area contributed by atoms with Crippen molar-refractivity contribution >= 4 is 17.5 Å². The van der Waals surface area contributed by atoms with Crippen LogP contribution in [0.25, 0.3) is 0 Å². The van der Waals surface area contributed by atoms with Crippen molar-refractivity contribution in [3.63, 3.8) is 0 Å². The molecule has 6 heteroatoms. The smallest absolute Gasteiger partial charge is 0.287 e. The number of halogens is 1. The van der Waals surface area contributed by atoms with E-state index in [1.165, 1.54) is 24.5 Å². The molecule has 0 fully saturated rings. The Morgan fingerprint density at radius 2 is 2.10 bits per heavy atom. The van der Waals surface area contributed by atoms with Crippen LogP contribution < -0.4 is 10.6 Å². The molecular formula is C14H13FN2O3. The Balaban J connectivity index is 1.90. The van der Waals surface area contributed by atoms with Crippen LogP contribution in [-0.2, 0) is 4.79 Å². The van der Waals surface area contributed by atoms with Gasteiger partial charge in [0.1, 0.15) is 5.82 Å². The summed E-state index contributed by atoms with van der Waals surface area (Å²) in [5.41, 5.74) is 1.11. The maximum Gasteiger partial charge on any atom is 0.287 e. The van der Waals surface area contributed by atoms with Crippen LogP contribution in [0.4, 0.5) is 10.1 Å². The van der Waals surface area contributed by atoms with E-state index in [0.29, 0.717) is 5.69 Å². The summed E-state index contributed by atoms with van der Waals surface area (Å²) >= 11 is 0. The molecule has 0 aliphatic heterocycles. The molecule has 1 aromatic carbocycles. The largest absolute Gasteiger partial charge is 0.459 e. The summed E-state index contributed by atoms with van der Waals surface area (Å²) in [5.74, 6) is -1.25. The highest BCUT2D eigenvalue weighted by Crippen LogP contribution is 2.15. The van der Waals surface area contributed by atoms with E-state index in [-0.39, 0.29) is 12.3 Å². The molecule has 0 atom stereocenters. The maximum absolute atomic E-state index is 13.1. The van der Waals surface area contributed by atoms with Crippen molar-refractivity contribution < 1.29 is 18.4 Å². The van der Waals surface area contributed by atoms with Gasteiger partial charge in [-0.05, 0) is 36.8 Å². The fourth-order valence-electron chi connectivity index (χ4n) is 1.58. The number of amides is 2. The molecular weight excluding hydrogens is 263 g/mol. The zero-order valence-electron chi connectivity index (χ0n) is 10.8. The van der Waals surface area contributed by atoms with E-state index in [4.69, 9.17) is 4.42 Å². The van der Waals surface area contributed by atoms with E-state index < -0.39 is 17.6 Å². The average molecular weight is 276 g/mol. The second kappa shape index (κ2) is 6.01. The lowest BCUT2D eigenvalue weighted by Crippen LogP contribution is -2.32. The van der Waals surface area contributed by atoms with Gasteiger partial charge in [0.2, 0.25) is 5.91 Å². The van der Waals surface area contributed by atoms with Crippen LogP contribution in [0, 0.1) is 12.7 Å². The molecule has 5 nitrogen and oxygen atoms in total. The highest BCUT2D eigenvalue weighted by atomic mass is 19.1. The molecule has 104 valence electrons. The van der Waals surface area contributed by atoms with Crippen LogP contribution in [0.2, 0.25) is 0 Å². The number of nitrogens with one attached hydrogen (secondary N) is 2. The molecule has 1 aromatic heterocycles. The van der Waals surface area contributed by atoms with Gasteiger partial charge in [-0.25, -0.2) is 4.39 Å². The molecule has 0 saturated heterocycles. The van der Waals surface area contributed by atoms with Gasteiger partial charge in [-0.2, -0.15) is 0 Å². The number of carbonyl (C=O) groups excluding carboxylic acids is 2. The van der Waals surface area contributed by atoms with E-state index in [1.807, 2.05) is 0 Å². The quantitative estimate of drug-likeness (QED) is 0.898. The highest BCUT2D eigenvalue weighted by Gasteiger charge is 2.11. The third kappa shape index (κ3) is 3.44. The zero-order chi connectivity index (χ0) is 14.5. The molecule has 0 aliphatic rings. The standard InChI is InChI=1S/C14H13FN2O3/c1-9-4-5-10(15)7-11(9)17-13(18)8-16-14(19)12-3-2-6-20-12/h2-7H,8H2,1H3,(H,16,19)(H,17,18). The van der Waals surface area contributed by atoms with Gasteiger partial charge in [0, 0.05) is 5.69 Å². The fourth-order valence-corrected chi connectivity index (χ4v) is 1.58. The third-order valence-electron chi connectivity index (χ3n) is 2.63. The predicted octanol–water partition coefficient (Wildman–Crippen LogP) is 2.10. The Morgan fingerprint density at radius 3 is 2.80 bits per heavy atom. The molecule has 2 amide bonds. The fraction of sp³-hybridized carbons (Fsp3) is 0.143. The molecule has 0 spiro atoms. The molecule has 2 rings (SSSR count). The lowest BCUT2D eigenvalue weighted by atomic mass is 10.2. The summed E-state index contributed by atoms with van der Waals surface area (Å²) in [6.07, 6.45) is 1.37. The van der Waals surface area contributed by atoms with Gasteiger partial charge in [0.25, 0.3) is 5.91 Å². The number of hydrogen-bond donors (Lipinski definition) is 2. The summed E-state index contributed by atoms with van der Waals surface area (Å²) in [4.78, 5) is 23.2. The molecule has 0 radical (unpaired) electrons. The summed E-state index contributed by atoms with van der Waals surface area (Å²) < 4.78 is 18.0. The summed E-state index contributed by atoms with van der Waals surface area (Å²) in [6.45, 7) is 1.52. The maximum atomic E-state index is 13.1. The Bertz CT molecular complexity index is 623. The molecule has 0 aliphatic carbocycles. The van der Waals surface area contributed by atoms with Crippen LogP contribution in [0.5, 0.6) is 0 Å². The SMILES string of the molecule is Cc1ccc(F)cc1NC(=O)CNC(=O)c1ccco1. The van der Waals surface area contributed by atoms with Crippen LogP contribution in [0.3, 0.4) is 0 Å². The number of furan rings is 1. The normalized spacial score (nSPS) is 10.1. The van der Waals surface area contributed by atoms with Crippen LogP contribution >= 0.6 is 0 Å². The van der Waals surface area contributed by atoms with E-state index in [9.17, 15) is 14.0 Å². The first-order chi connectivity index (χ1) is 9.56. The molecule has 0 unspecified atom stereocenters. The molecule has 0 bridgehead atoms. The first-order valence-electron chi connectivity index (χ1n) is 5.94. The van der Waals surface area contributed by atoms with Crippen molar-refractivity contribution in [1.82, 2.24) is 5.32 Å². The first-order valence-corrected chi connectivity index (χ1v) is 5.94. The lowest BCUT2D eigenvalue weighted by Gasteiger charge is -2.08. The number of aryl methyl sites for hydroxylation is 1. The minimum atomic E-state index is -0.485. The second-order valence-electron chi connectivity index (χ2n) is 4.17. The molecule has 2 N–H and O–H groups in total. The monoisotopic (exact) mass is 276 g/mol. The Hall–Kier alpha value is -2.63. The van der Waals surface area contributed by atoms with Crippen LogP contribution in [-0.4, -0.2) is 18.4 Å². The second-order valence-corrected chi connectivity index (χ2v) is 4.17. The molecule has 20 heavy (non-hydrogen) atoms. The molecule has 2 aromatic rings. The number of anilines is 1. The third-order valence-corrected chi connectivity index (χ3v) is 2.63. The van der Waals surface area contributed by atoms with Crippen LogP contribution in [0.15, 0.2) is 41.0 Å². The van der Waals surface area contributed by atoms with E-state index in [1.54, 1.807) is 19.1 Å². The number of carbonyl (C=O) groups is 2. The van der Waals surface area contributed by atoms with Gasteiger partial charge >= 0.3 is 0 Å². The Kier molecular flexibility index (Phi) is 4.14. The van der Waals surface area contributed by atoms with Crippen molar-refractivity contribution in [1.29, 1.82) is 0 Å². The van der Waals surface area contributed by atoms with Crippen molar-refractivity contribution in [3.05, 3.63) is 53.7 Å². The molecule has 1 heterocycles. The van der Waals surface area contributed by atoms with Crippen molar-refractivity contribution in [2.75, 3.05) is 11.9 Å². The van der Waals surface area contributed by atoms with Gasteiger partial charge in [-0.3, -0.25) is 9.59 Å². The van der Waals surface area contributed by atoms with E-state index >= 15 is 0 Å². The summed E-state index contributed by atoms with van der Waals surface area (Å²) in [7, 11) is 0. The predicted molar refractivity (Wildman–Crippen MR) is 70.8 cm³/mol. The van der Waals surface area contributed by atoms with Crippen molar-refractivity contribution in [2.24, 2.45) is 0 Å². The van der Waals surface area contributed by atoms with Crippen molar-refractivity contribution in [2.45, 2.75) is 6.92 Å². The zero-order valence-corrected chi connectivity index (χ0v) is 10.8.